The van der Waals surface area contributed by atoms with E-state index < -0.39 is 29.3 Å². The number of halogens is 4. The summed E-state index contributed by atoms with van der Waals surface area (Å²) in [6.45, 7) is 2.66. The molecule has 1 aromatic carbocycles. The number of nitrogens with zero attached hydrogens (tertiary/aromatic N) is 3. The van der Waals surface area contributed by atoms with Crippen LogP contribution in [0.15, 0.2) is 18.3 Å². The van der Waals surface area contributed by atoms with Gasteiger partial charge in [-0.05, 0) is 25.5 Å². The third-order valence-corrected chi connectivity index (χ3v) is 5.38. The topological polar surface area (TPSA) is 88.6 Å². The van der Waals surface area contributed by atoms with Crippen molar-refractivity contribution in [3.05, 3.63) is 35.3 Å². The highest BCUT2D eigenvalue weighted by atomic mass is 19.4. The van der Waals surface area contributed by atoms with Crippen LogP contribution in [-0.2, 0) is 10.9 Å². The second-order valence-electron chi connectivity index (χ2n) is 7.42. The minimum Gasteiger partial charge on any atom is -0.492 e. The molecule has 1 aromatic heterocycles. The predicted molar refractivity (Wildman–Crippen MR) is 107 cm³/mol. The first kappa shape index (κ1) is 22.1. The van der Waals surface area contributed by atoms with Crippen molar-refractivity contribution in [2.75, 3.05) is 37.4 Å². The number of amides is 1. The molecule has 2 bridgehead atoms. The van der Waals surface area contributed by atoms with Crippen molar-refractivity contribution >= 4 is 23.4 Å². The van der Waals surface area contributed by atoms with Crippen LogP contribution >= 0.6 is 0 Å². The Balaban J connectivity index is 1.61. The number of likely N-dealkylation sites (tertiary alicyclic amines) is 1. The molecule has 0 saturated carbocycles. The Hall–Kier alpha value is -3.15. The first-order chi connectivity index (χ1) is 15.2. The van der Waals surface area contributed by atoms with Gasteiger partial charge in [0.1, 0.15) is 11.4 Å². The van der Waals surface area contributed by atoms with Gasteiger partial charge in [-0.1, -0.05) is 0 Å². The van der Waals surface area contributed by atoms with Gasteiger partial charge in [-0.15, -0.1) is 0 Å². The molecule has 2 N–H and O–H groups in total. The van der Waals surface area contributed by atoms with Crippen LogP contribution in [-0.4, -0.2) is 59.7 Å². The maximum Gasteiger partial charge on any atom is 0.421 e. The molecule has 32 heavy (non-hydrogen) atoms. The Bertz CT molecular complexity index is 1030. The van der Waals surface area contributed by atoms with E-state index in [9.17, 15) is 18.0 Å². The number of hydrogen-bond acceptors (Lipinski definition) is 7. The Morgan fingerprint density at radius 3 is 2.75 bits per heavy atom. The van der Waals surface area contributed by atoms with Crippen LogP contribution in [0.4, 0.5) is 35.0 Å². The summed E-state index contributed by atoms with van der Waals surface area (Å²) in [5.74, 6) is -2.23. The lowest BCUT2D eigenvalue weighted by Gasteiger charge is -2.27. The average Bonchev–Trinajstić information content (AvgIpc) is 3.37. The van der Waals surface area contributed by atoms with E-state index in [0.29, 0.717) is 19.3 Å². The SMILES string of the molecule is CCNc1nc(Nc2ccc(C(=O)N3C[C@H]4C[C@@H]3CO4)c(F)c2OC)ncc1C(F)(F)F. The molecule has 0 unspecified atom stereocenters. The highest BCUT2D eigenvalue weighted by Gasteiger charge is 2.42. The Labute approximate surface area is 180 Å². The van der Waals surface area contributed by atoms with Gasteiger partial charge in [0.2, 0.25) is 5.95 Å². The van der Waals surface area contributed by atoms with Gasteiger partial charge in [0.05, 0.1) is 37.1 Å². The number of nitrogens with one attached hydrogen (secondary N) is 2. The van der Waals surface area contributed by atoms with Crippen molar-refractivity contribution < 1.29 is 31.8 Å². The van der Waals surface area contributed by atoms with E-state index in [1.165, 1.54) is 19.2 Å². The molecule has 0 radical (unpaired) electrons. The van der Waals surface area contributed by atoms with Gasteiger partial charge >= 0.3 is 6.18 Å². The second kappa shape index (κ2) is 8.41. The maximum atomic E-state index is 15.2. The summed E-state index contributed by atoms with van der Waals surface area (Å²) in [5.41, 5.74) is -1.12. The molecule has 1 amide bonds. The van der Waals surface area contributed by atoms with Crippen molar-refractivity contribution in [2.45, 2.75) is 31.7 Å². The van der Waals surface area contributed by atoms with Gasteiger partial charge < -0.3 is 25.0 Å². The number of fused-ring (bicyclic) bond motifs is 2. The van der Waals surface area contributed by atoms with E-state index in [0.717, 1.165) is 6.42 Å². The lowest BCUT2D eigenvalue weighted by molar-refractivity contribution is -0.137. The molecule has 2 aromatic rings. The van der Waals surface area contributed by atoms with E-state index in [-0.39, 0.29) is 41.6 Å². The lowest BCUT2D eigenvalue weighted by Crippen LogP contribution is -2.41. The molecular weight excluding hydrogens is 434 g/mol. The number of benzene rings is 1. The van der Waals surface area contributed by atoms with Gasteiger partial charge in [-0.25, -0.2) is 9.37 Å². The van der Waals surface area contributed by atoms with E-state index in [4.69, 9.17) is 9.47 Å². The smallest absolute Gasteiger partial charge is 0.421 e. The number of methoxy groups -OCH3 is 1. The summed E-state index contributed by atoms with van der Waals surface area (Å²) >= 11 is 0. The van der Waals surface area contributed by atoms with Crippen molar-refractivity contribution in [3.63, 3.8) is 0 Å². The fraction of sp³-hybridized carbons (Fsp3) is 0.450. The van der Waals surface area contributed by atoms with Crippen molar-refractivity contribution in [1.82, 2.24) is 14.9 Å². The van der Waals surface area contributed by atoms with Gasteiger partial charge in [0.15, 0.2) is 11.6 Å². The van der Waals surface area contributed by atoms with Crippen LogP contribution in [0, 0.1) is 5.82 Å². The number of anilines is 3. The van der Waals surface area contributed by atoms with Crippen LogP contribution in [0.3, 0.4) is 0 Å². The highest BCUT2D eigenvalue weighted by Crippen LogP contribution is 2.37. The quantitative estimate of drug-likeness (QED) is 0.646. The third-order valence-electron chi connectivity index (χ3n) is 5.38. The van der Waals surface area contributed by atoms with Gasteiger partial charge in [0.25, 0.3) is 5.91 Å². The number of carbonyl (C=O) groups is 1. The molecule has 3 heterocycles. The molecule has 2 fully saturated rings. The molecule has 2 atom stereocenters. The first-order valence-corrected chi connectivity index (χ1v) is 9.97. The zero-order valence-electron chi connectivity index (χ0n) is 17.3. The number of aromatic nitrogens is 2. The minimum atomic E-state index is -4.64. The molecule has 4 rings (SSSR count). The number of rotatable bonds is 6. The standard InChI is InChI=1S/C20H21F4N5O3/c1-3-25-17-13(20(22,23)24)7-26-19(28-17)27-14-5-4-12(15(21)16(14)31-2)18(30)29-8-11-6-10(29)9-32-11/h4-5,7,10-11H,3,6,8-9H2,1-2H3,(H2,25,26,27,28)/t10-,11-/m1/s1. The number of hydrogen-bond donors (Lipinski definition) is 2. The summed E-state index contributed by atoms with van der Waals surface area (Å²) in [4.78, 5) is 22.0. The Kier molecular flexibility index (Phi) is 5.80. The summed E-state index contributed by atoms with van der Waals surface area (Å²) in [5, 5.41) is 5.21. The summed E-state index contributed by atoms with van der Waals surface area (Å²) in [7, 11) is 1.22. The molecule has 8 nitrogen and oxygen atoms in total. The highest BCUT2D eigenvalue weighted by molar-refractivity contribution is 5.96. The van der Waals surface area contributed by atoms with Crippen LogP contribution < -0.4 is 15.4 Å². The van der Waals surface area contributed by atoms with Gasteiger partial charge in [0, 0.05) is 19.3 Å². The van der Waals surface area contributed by atoms with E-state index >= 15 is 4.39 Å². The fourth-order valence-corrected chi connectivity index (χ4v) is 3.89. The van der Waals surface area contributed by atoms with E-state index in [1.54, 1.807) is 11.8 Å². The molecule has 2 aliphatic rings. The number of ether oxygens (including phenoxy) is 2. The van der Waals surface area contributed by atoms with Gasteiger partial charge in [-0.3, -0.25) is 4.79 Å². The van der Waals surface area contributed by atoms with Crippen LogP contribution in [0.1, 0.15) is 29.3 Å². The zero-order valence-corrected chi connectivity index (χ0v) is 17.3. The molecule has 12 heteroatoms. The summed E-state index contributed by atoms with van der Waals surface area (Å²) in [6.07, 6.45) is -3.30. The number of alkyl halides is 3. The number of morpholine rings is 1. The van der Waals surface area contributed by atoms with Crippen molar-refractivity contribution in [1.29, 1.82) is 0 Å². The molecular formula is C20H21F4N5O3. The van der Waals surface area contributed by atoms with Gasteiger partial charge in [-0.2, -0.15) is 18.2 Å². The molecule has 0 aliphatic carbocycles. The number of carbonyl (C=O) groups excluding carboxylic acids is 1. The molecule has 2 aliphatic heterocycles. The predicted octanol–water partition coefficient (Wildman–Crippen LogP) is 3.43. The van der Waals surface area contributed by atoms with Crippen molar-refractivity contribution in [2.24, 2.45) is 0 Å². The average molecular weight is 455 g/mol. The monoisotopic (exact) mass is 455 g/mol. The molecule has 0 spiro atoms. The first-order valence-electron chi connectivity index (χ1n) is 9.97. The molecule has 2 saturated heterocycles. The third kappa shape index (κ3) is 4.01. The maximum absolute atomic E-state index is 15.2. The van der Waals surface area contributed by atoms with Crippen LogP contribution in [0.2, 0.25) is 0 Å². The minimum absolute atomic E-state index is 0.0300. The van der Waals surface area contributed by atoms with E-state index in [2.05, 4.69) is 20.6 Å². The largest absolute Gasteiger partial charge is 0.492 e. The van der Waals surface area contributed by atoms with Crippen molar-refractivity contribution in [3.8, 4) is 5.75 Å². The van der Waals surface area contributed by atoms with Crippen LogP contribution in [0.5, 0.6) is 5.75 Å². The fourth-order valence-electron chi connectivity index (χ4n) is 3.89. The Morgan fingerprint density at radius 1 is 1.38 bits per heavy atom. The summed E-state index contributed by atoms with van der Waals surface area (Å²) in [6, 6.07) is 2.61. The second-order valence-corrected chi connectivity index (χ2v) is 7.42. The zero-order chi connectivity index (χ0) is 23.0. The molecule has 172 valence electrons. The summed E-state index contributed by atoms with van der Waals surface area (Å²) < 4.78 is 65.2. The lowest BCUT2D eigenvalue weighted by atomic mass is 10.1. The normalized spacial score (nSPS) is 19.9. The Morgan fingerprint density at radius 2 is 2.16 bits per heavy atom. The van der Waals surface area contributed by atoms with Crippen LogP contribution in [0.25, 0.3) is 0 Å². The van der Waals surface area contributed by atoms with E-state index in [1.807, 2.05) is 0 Å².